The third-order valence-electron chi connectivity index (χ3n) is 2.06. The molecule has 0 radical (unpaired) electrons. The first-order valence-electron chi connectivity index (χ1n) is 4.26. The van der Waals surface area contributed by atoms with E-state index in [4.69, 9.17) is 10.8 Å². The van der Waals surface area contributed by atoms with E-state index in [0.717, 1.165) is 12.1 Å². The van der Waals surface area contributed by atoms with Gasteiger partial charge in [-0.05, 0) is 6.07 Å². The van der Waals surface area contributed by atoms with Crippen LogP contribution in [0.4, 0.5) is 32.0 Å². The maximum absolute atomic E-state index is 12.3. The van der Waals surface area contributed by atoms with E-state index in [0.29, 0.717) is 6.07 Å². The van der Waals surface area contributed by atoms with Crippen LogP contribution in [0.3, 0.4) is 0 Å². The van der Waals surface area contributed by atoms with E-state index < -0.39 is 35.3 Å². The Hall–Kier alpha value is -1.60. The van der Waals surface area contributed by atoms with E-state index in [1.54, 1.807) is 0 Å². The molecule has 2 nitrogen and oxygen atoms in total. The van der Waals surface area contributed by atoms with Gasteiger partial charge in [0.05, 0.1) is 5.69 Å². The molecule has 8 heteroatoms. The van der Waals surface area contributed by atoms with Crippen molar-refractivity contribution in [2.75, 3.05) is 5.73 Å². The van der Waals surface area contributed by atoms with Gasteiger partial charge in [0.15, 0.2) is 5.92 Å². The van der Waals surface area contributed by atoms with E-state index >= 15 is 0 Å². The van der Waals surface area contributed by atoms with Crippen LogP contribution in [0.5, 0.6) is 5.75 Å². The Bertz CT molecular complexity index is 397. The largest absolute Gasteiger partial charge is 0.505 e. The molecule has 0 aliphatic heterocycles. The van der Waals surface area contributed by atoms with Gasteiger partial charge in [-0.3, -0.25) is 0 Å². The monoisotopic (exact) mass is 259 g/mol. The van der Waals surface area contributed by atoms with Gasteiger partial charge < -0.3 is 10.8 Å². The zero-order chi connectivity index (χ0) is 13.4. The van der Waals surface area contributed by atoms with E-state index in [1.165, 1.54) is 0 Å². The van der Waals surface area contributed by atoms with Crippen LogP contribution in [0, 0.1) is 0 Å². The molecule has 0 unspecified atom stereocenters. The minimum Gasteiger partial charge on any atom is -0.505 e. The molecule has 0 atom stereocenters. The molecule has 0 heterocycles. The number of hydrogen-bond acceptors (Lipinski definition) is 2. The van der Waals surface area contributed by atoms with Crippen molar-refractivity contribution in [2.45, 2.75) is 18.3 Å². The van der Waals surface area contributed by atoms with Crippen LogP contribution in [0.15, 0.2) is 18.2 Å². The van der Waals surface area contributed by atoms with Crippen LogP contribution in [0.2, 0.25) is 0 Å². The predicted molar refractivity (Wildman–Crippen MR) is 47.4 cm³/mol. The molecule has 0 fully saturated rings. The first-order chi connectivity index (χ1) is 7.55. The van der Waals surface area contributed by atoms with Gasteiger partial charge in [0, 0.05) is 5.56 Å². The number of hydrogen-bond donors (Lipinski definition) is 2. The number of alkyl halides is 6. The average molecular weight is 259 g/mol. The van der Waals surface area contributed by atoms with Crippen molar-refractivity contribution < 1.29 is 31.4 Å². The van der Waals surface area contributed by atoms with E-state index in [1.807, 2.05) is 0 Å². The molecule has 17 heavy (non-hydrogen) atoms. The Morgan fingerprint density at radius 3 is 1.88 bits per heavy atom. The Kier molecular flexibility index (Phi) is 3.17. The topological polar surface area (TPSA) is 46.2 Å². The molecule has 0 aromatic heterocycles. The SMILES string of the molecule is Nc1cccc(C(C(F)(F)F)C(F)(F)F)c1O. The fourth-order valence-corrected chi connectivity index (χ4v) is 1.35. The lowest BCUT2D eigenvalue weighted by molar-refractivity contribution is -0.253. The van der Waals surface area contributed by atoms with Crippen molar-refractivity contribution in [3.8, 4) is 5.75 Å². The molecule has 0 amide bonds. The highest BCUT2D eigenvalue weighted by atomic mass is 19.4. The second kappa shape index (κ2) is 4.01. The highest BCUT2D eigenvalue weighted by Gasteiger charge is 2.58. The number of phenols is 1. The quantitative estimate of drug-likeness (QED) is 0.462. The van der Waals surface area contributed by atoms with Crippen molar-refractivity contribution >= 4 is 5.69 Å². The third kappa shape index (κ3) is 2.75. The normalized spacial score (nSPS) is 13.1. The molecule has 0 spiro atoms. The fraction of sp³-hybridized carbons (Fsp3) is 0.333. The average Bonchev–Trinajstić information content (AvgIpc) is 2.08. The van der Waals surface area contributed by atoms with Gasteiger partial charge in [-0.1, -0.05) is 12.1 Å². The van der Waals surface area contributed by atoms with Crippen LogP contribution in [-0.4, -0.2) is 17.5 Å². The maximum atomic E-state index is 12.3. The van der Waals surface area contributed by atoms with Crippen molar-refractivity contribution in [1.82, 2.24) is 0 Å². The molecule has 96 valence electrons. The Balaban J connectivity index is 3.39. The lowest BCUT2D eigenvalue weighted by Gasteiger charge is -2.24. The van der Waals surface area contributed by atoms with Gasteiger partial charge >= 0.3 is 12.4 Å². The lowest BCUT2D eigenvalue weighted by Crippen LogP contribution is -2.34. The summed E-state index contributed by atoms with van der Waals surface area (Å²) in [5, 5.41) is 9.17. The molecular weight excluding hydrogens is 252 g/mol. The molecule has 1 aromatic carbocycles. The molecule has 0 aliphatic carbocycles. The van der Waals surface area contributed by atoms with Crippen molar-refractivity contribution in [3.63, 3.8) is 0 Å². The Morgan fingerprint density at radius 2 is 1.47 bits per heavy atom. The number of halogens is 6. The lowest BCUT2D eigenvalue weighted by atomic mass is 9.96. The molecule has 0 saturated carbocycles. The van der Waals surface area contributed by atoms with Crippen LogP contribution in [0.1, 0.15) is 11.5 Å². The number of para-hydroxylation sites is 1. The molecule has 1 rings (SSSR count). The molecule has 3 N–H and O–H groups in total. The Labute approximate surface area is 91.7 Å². The third-order valence-corrected chi connectivity index (χ3v) is 2.06. The fourth-order valence-electron chi connectivity index (χ4n) is 1.35. The van der Waals surface area contributed by atoms with Gasteiger partial charge in [-0.25, -0.2) is 0 Å². The standard InChI is InChI=1S/C9H7F6NO/c10-8(11,12)7(9(13,14)15)4-2-1-3-5(16)6(4)17/h1-3,7,17H,16H2. The van der Waals surface area contributed by atoms with Gasteiger partial charge in [0.25, 0.3) is 0 Å². The van der Waals surface area contributed by atoms with Crippen molar-refractivity contribution in [1.29, 1.82) is 0 Å². The van der Waals surface area contributed by atoms with Gasteiger partial charge in [-0.2, -0.15) is 26.3 Å². The summed E-state index contributed by atoms with van der Waals surface area (Å²) in [7, 11) is 0. The van der Waals surface area contributed by atoms with Gasteiger partial charge in [0.2, 0.25) is 0 Å². The number of benzene rings is 1. The number of nitrogen functional groups attached to an aromatic ring is 1. The smallest absolute Gasteiger partial charge is 0.404 e. The highest BCUT2D eigenvalue weighted by Crippen LogP contribution is 2.49. The second-order valence-electron chi connectivity index (χ2n) is 3.30. The minimum absolute atomic E-state index is 0.539. The summed E-state index contributed by atoms with van der Waals surface area (Å²) < 4.78 is 74.0. The highest BCUT2D eigenvalue weighted by molar-refractivity contribution is 5.57. The molecule has 0 saturated heterocycles. The Morgan fingerprint density at radius 1 is 1.00 bits per heavy atom. The van der Waals surface area contributed by atoms with Crippen LogP contribution >= 0.6 is 0 Å². The van der Waals surface area contributed by atoms with Crippen LogP contribution in [-0.2, 0) is 0 Å². The summed E-state index contributed by atoms with van der Waals surface area (Å²) in [6.45, 7) is 0. The molecule has 1 aromatic rings. The second-order valence-corrected chi connectivity index (χ2v) is 3.30. The summed E-state index contributed by atoms with van der Waals surface area (Å²) in [5.41, 5.74) is 3.22. The van der Waals surface area contributed by atoms with Crippen LogP contribution in [0.25, 0.3) is 0 Å². The number of rotatable bonds is 1. The minimum atomic E-state index is -5.55. The molecule has 0 bridgehead atoms. The summed E-state index contributed by atoms with van der Waals surface area (Å²) >= 11 is 0. The molecular formula is C9H7F6NO. The first kappa shape index (κ1) is 13.5. The van der Waals surface area contributed by atoms with E-state index in [2.05, 4.69) is 0 Å². The number of aromatic hydroxyl groups is 1. The summed E-state index contributed by atoms with van der Waals surface area (Å²) in [5.74, 6) is -4.95. The van der Waals surface area contributed by atoms with Crippen molar-refractivity contribution in [2.24, 2.45) is 0 Å². The van der Waals surface area contributed by atoms with Crippen molar-refractivity contribution in [3.05, 3.63) is 23.8 Å². The van der Waals surface area contributed by atoms with Gasteiger partial charge in [-0.15, -0.1) is 0 Å². The molecule has 0 aliphatic rings. The summed E-state index contributed by atoms with van der Waals surface area (Å²) in [6.07, 6.45) is -11.1. The predicted octanol–water partition coefficient (Wildman–Crippen LogP) is 3.18. The summed E-state index contributed by atoms with van der Waals surface area (Å²) in [6, 6.07) is 2.45. The zero-order valence-corrected chi connectivity index (χ0v) is 8.10. The summed E-state index contributed by atoms with van der Waals surface area (Å²) in [4.78, 5) is 0. The maximum Gasteiger partial charge on any atom is 0.404 e. The first-order valence-corrected chi connectivity index (χ1v) is 4.26. The number of nitrogens with two attached hydrogens (primary N) is 1. The van der Waals surface area contributed by atoms with Crippen LogP contribution < -0.4 is 5.73 Å². The zero-order valence-electron chi connectivity index (χ0n) is 8.10. The number of anilines is 1. The van der Waals surface area contributed by atoms with Gasteiger partial charge in [0.1, 0.15) is 5.75 Å². The number of phenolic OH excluding ortho intramolecular Hbond substituents is 1. The van der Waals surface area contributed by atoms with E-state index in [-0.39, 0.29) is 0 Å². The van der Waals surface area contributed by atoms with E-state index in [9.17, 15) is 26.3 Å².